The van der Waals surface area contributed by atoms with Gasteiger partial charge >= 0.3 is 104 Å². The van der Waals surface area contributed by atoms with Gasteiger partial charge in [-0.2, -0.15) is 0 Å². The molecular formula is C14H21NSn. The number of nitrogens with zero attached hydrogens (tertiary/aromatic N) is 1. The van der Waals surface area contributed by atoms with E-state index in [9.17, 15) is 0 Å². The molecule has 16 heavy (non-hydrogen) atoms. The molecule has 0 aliphatic carbocycles. The molecule has 86 valence electrons. The standard InChI is InChI=1S/C8H5.C4H10N.2CH3.Sn/c1-2-8-6-4-3-5-7-8;1-3-5-4-2;;;/h3-7H;3-4H2,1-2H3;2*1H3;/q;-1;;;+1. The number of hydrogen-bond acceptors (Lipinski definition) is 1. The molecule has 0 heterocycles. The topological polar surface area (TPSA) is 3.24 Å². The Morgan fingerprint density at radius 3 is 2.12 bits per heavy atom. The molecule has 0 aromatic heterocycles. The van der Waals surface area contributed by atoms with E-state index in [4.69, 9.17) is 0 Å². The molecule has 0 aliphatic rings. The minimum absolute atomic E-state index is 1.13. The molecule has 0 atom stereocenters. The predicted octanol–water partition coefficient (Wildman–Crippen LogP) is 3.12. The summed E-state index contributed by atoms with van der Waals surface area (Å²) in [6.45, 7) is 6.71. The van der Waals surface area contributed by atoms with Crippen LogP contribution in [0.4, 0.5) is 0 Å². The van der Waals surface area contributed by atoms with Crippen LogP contribution in [-0.2, 0) is 0 Å². The second-order valence-electron chi connectivity index (χ2n) is 4.35. The second kappa shape index (κ2) is 6.32. The molecule has 2 heteroatoms. The molecule has 0 spiro atoms. The van der Waals surface area contributed by atoms with Gasteiger partial charge in [-0.3, -0.25) is 0 Å². The van der Waals surface area contributed by atoms with Crippen LogP contribution >= 0.6 is 0 Å². The fourth-order valence-corrected chi connectivity index (χ4v) is 8.09. The van der Waals surface area contributed by atoms with Crippen molar-refractivity contribution in [2.24, 2.45) is 0 Å². The van der Waals surface area contributed by atoms with Gasteiger partial charge in [-0.05, 0) is 0 Å². The van der Waals surface area contributed by atoms with Crippen molar-refractivity contribution in [2.75, 3.05) is 13.1 Å². The van der Waals surface area contributed by atoms with Gasteiger partial charge in [0.05, 0.1) is 0 Å². The Kier molecular flexibility index (Phi) is 5.37. The molecule has 0 amide bonds. The minimum atomic E-state index is -2.30. The zero-order chi connectivity index (χ0) is 12.0. The third-order valence-electron chi connectivity index (χ3n) is 2.84. The first kappa shape index (κ1) is 13.6. The maximum atomic E-state index is 3.56. The van der Waals surface area contributed by atoms with Crippen molar-refractivity contribution < 1.29 is 0 Å². The van der Waals surface area contributed by atoms with Crippen molar-refractivity contribution >= 4 is 18.7 Å². The van der Waals surface area contributed by atoms with Crippen LogP contribution in [0.1, 0.15) is 19.4 Å². The summed E-state index contributed by atoms with van der Waals surface area (Å²) in [7, 11) is 0. The van der Waals surface area contributed by atoms with Crippen LogP contribution in [0.15, 0.2) is 30.3 Å². The molecule has 0 bridgehead atoms. The molecule has 0 fully saturated rings. The Hall–Kier alpha value is -0.461. The molecule has 1 aromatic rings. The normalized spacial score (nSPS) is 11.1. The molecule has 0 N–H and O–H groups in total. The molecule has 0 unspecified atom stereocenters. The van der Waals surface area contributed by atoms with Crippen LogP contribution in [0.2, 0.25) is 9.88 Å². The molecule has 0 saturated heterocycles. The first-order valence-electron chi connectivity index (χ1n) is 5.93. The zero-order valence-electron chi connectivity index (χ0n) is 10.7. The van der Waals surface area contributed by atoms with Crippen LogP contribution in [0, 0.1) is 9.86 Å². The first-order valence-corrected chi connectivity index (χ1v) is 14.3. The SMILES string of the molecule is CC[N](CC)[Sn]([CH3])([CH3])[C]#Cc1ccccc1. The van der Waals surface area contributed by atoms with E-state index in [1.165, 1.54) is 0 Å². The van der Waals surface area contributed by atoms with Gasteiger partial charge in [0.1, 0.15) is 0 Å². The number of rotatable bonds is 3. The van der Waals surface area contributed by atoms with Gasteiger partial charge in [0.2, 0.25) is 0 Å². The summed E-state index contributed by atoms with van der Waals surface area (Å²) in [5.74, 6) is 3.34. The van der Waals surface area contributed by atoms with Crippen molar-refractivity contribution in [3.63, 3.8) is 0 Å². The maximum absolute atomic E-state index is 3.56. The third kappa shape index (κ3) is 3.84. The van der Waals surface area contributed by atoms with Crippen molar-refractivity contribution in [3.8, 4) is 9.86 Å². The van der Waals surface area contributed by atoms with Crippen LogP contribution in [0.5, 0.6) is 0 Å². The van der Waals surface area contributed by atoms with E-state index in [0.717, 1.165) is 18.7 Å². The second-order valence-corrected chi connectivity index (χ2v) is 15.8. The summed E-state index contributed by atoms with van der Waals surface area (Å²) in [4.78, 5) is 4.77. The van der Waals surface area contributed by atoms with Gasteiger partial charge in [0.25, 0.3) is 0 Å². The molecule has 0 radical (unpaired) electrons. The van der Waals surface area contributed by atoms with Gasteiger partial charge in [0.15, 0.2) is 0 Å². The van der Waals surface area contributed by atoms with E-state index in [0.29, 0.717) is 0 Å². The summed E-state index contributed by atoms with van der Waals surface area (Å²) < 4.78 is 6.14. The summed E-state index contributed by atoms with van der Waals surface area (Å²) in [6.07, 6.45) is 0. The monoisotopic (exact) mass is 323 g/mol. The van der Waals surface area contributed by atoms with Crippen molar-refractivity contribution in [1.82, 2.24) is 3.12 Å². The van der Waals surface area contributed by atoms with Crippen LogP contribution < -0.4 is 0 Å². The van der Waals surface area contributed by atoms with Gasteiger partial charge < -0.3 is 0 Å². The molecule has 1 rings (SSSR count). The quantitative estimate of drug-likeness (QED) is 0.610. The van der Waals surface area contributed by atoms with E-state index < -0.39 is 18.7 Å². The van der Waals surface area contributed by atoms with Crippen LogP contribution in [0.25, 0.3) is 0 Å². The van der Waals surface area contributed by atoms with Gasteiger partial charge in [-0.15, -0.1) is 0 Å². The Morgan fingerprint density at radius 2 is 1.62 bits per heavy atom. The average molecular weight is 322 g/mol. The zero-order valence-corrected chi connectivity index (χ0v) is 13.6. The Morgan fingerprint density at radius 1 is 1.06 bits per heavy atom. The Balaban J connectivity index is 2.84. The third-order valence-corrected chi connectivity index (χ3v) is 11.3. The summed E-state index contributed by atoms with van der Waals surface area (Å²) in [5.41, 5.74) is 1.14. The number of benzene rings is 1. The van der Waals surface area contributed by atoms with Crippen molar-refractivity contribution in [1.29, 1.82) is 0 Å². The molecule has 0 saturated carbocycles. The van der Waals surface area contributed by atoms with E-state index in [2.05, 4.69) is 48.8 Å². The molecule has 0 aliphatic heterocycles. The summed E-state index contributed by atoms with van der Waals surface area (Å²) in [6, 6.07) is 10.3. The number of hydrogen-bond donors (Lipinski definition) is 0. The summed E-state index contributed by atoms with van der Waals surface area (Å²) >= 11 is -2.30. The van der Waals surface area contributed by atoms with Gasteiger partial charge in [0, 0.05) is 0 Å². The summed E-state index contributed by atoms with van der Waals surface area (Å²) in [5, 5.41) is 0. The van der Waals surface area contributed by atoms with E-state index in [-0.39, 0.29) is 0 Å². The first-order chi connectivity index (χ1) is 7.60. The molecule has 1 aromatic carbocycles. The van der Waals surface area contributed by atoms with Gasteiger partial charge in [-0.25, -0.2) is 0 Å². The van der Waals surface area contributed by atoms with E-state index >= 15 is 0 Å². The Bertz CT molecular complexity index is 369. The Labute approximate surface area is 104 Å². The van der Waals surface area contributed by atoms with Crippen LogP contribution in [-0.4, -0.2) is 34.9 Å². The predicted molar refractivity (Wildman–Crippen MR) is 73.7 cm³/mol. The average Bonchev–Trinajstić information content (AvgIpc) is 2.29. The van der Waals surface area contributed by atoms with Crippen LogP contribution in [0.3, 0.4) is 0 Å². The fourth-order valence-electron chi connectivity index (χ4n) is 1.84. The molecule has 1 nitrogen and oxygen atoms in total. The van der Waals surface area contributed by atoms with E-state index in [1.54, 1.807) is 0 Å². The van der Waals surface area contributed by atoms with Crippen molar-refractivity contribution in [2.45, 2.75) is 23.7 Å². The van der Waals surface area contributed by atoms with E-state index in [1.807, 2.05) is 18.2 Å². The van der Waals surface area contributed by atoms with Crippen molar-refractivity contribution in [3.05, 3.63) is 35.9 Å². The van der Waals surface area contributed by atoms with Gasteiger partial charge in [-0.1, -0.05) is 0 Å². The fraction of sp³-hybridized carbons (Fsp3) is 0.429. The molecular weight excluding hydrogens is 301 g/mol.